The third-order valence-electron chi connectivity index (χ3n) is 6.05. The van der Waals surface area contributed by atoms with Crippen molar-refractivity contribution in [1.82, 2.24) is 24.8 Å². The molecule has 0 spiro atoms. The maximum atomic E-state index is 9.12. The zero-order valence-electron chi connectivity index (χ0n) is 19.4. The number of β-amino-alcohol motifs (C(OH)–C–C–N with tert-alkyl or cyclic N) is 1. The third kappa shape index (κ3) is 5.53. The number of nitrogens with zero attached hydrogens (tertiary/aromatic N) is 4. The number of aryl methyl sites for hydroxylation is 1. The molecule has 176 valence electrons. The average molecular weight is 459 g/mol. The number of rotatable bonds is 8. The number of aromatic nitrogens is 3. The highest BCUT2D eigenvalue weighted by Crippen LogP contribution is 2.26. The lowest BCUT2D eigenvalue weighted by Gasteiger charge is -2.34. The van der Waals surface area contributed by atoms with Crippen molar-refractivity contribution in [2.75, 3.05) is 44.6 Å². The molecule has 34 heavy (non-hydrogen) atoms. The van der Waals surface area contributed by atoms with Gasteiger partial charge in [0.1, 0.15) is 5.75 Å². The van der Waals surface area contributed by atoms with Gasteiger partial charge in [0.25, 0.3) is 0 Å². The molecule has 1 aliphatic rings. The number of hydrogen-bond acceptors (Lipinski definition) is 7. The lowest BCUT2D eigenvalue weighted by atomic mass is 10.1. The summed E-state index contributed by atoms with van der Waals surface area (Å²) in [4.78, 5) is 17.0. The van der Waals surface area contributed by atoms with E-state index in [0.29, 0.717) is 11.8 Å². The molecule has 0 atom stereocenters. The lowest BCUT2D eigenvalue weighted by molar-refractivity contribution is 0.108. The number of aliphatic hydroxyl groups is 1. The molecule has 1 fully saturated rings. The predicted octanol–water partition coefficient (Wildman–Crippen LogP) is 3.91. The maximum Gasteiger partial charge on any atom is 0.230 e. The average Bonchev–Trinajstić information content (AvgIpc) is 3.20. The fraction of sp³-hybridized carbons (Fsp3) is 0.308. The van der Waals surface area contributed by atoms with Crippen molar-refractivity contribution in [1.29, 1.82) is 0 Å². The number of aromatic amines is 1. The molecule has 4 aromatic rings. The summed E-state index contributed by atoms with van der Waals surface area (Å²) < 4.78 is 5.99. The van der Waals surface area contributed by atoms with Crippen molar-refractivity contribution in [2.24, 2.45) is 0 Å². The van der Waals surface area contributed by atoms with Gasteiger partial charge in [-0.25, -0.2) is 4.98 Å². The van der Waals surface area contributed by atoms with E-state index < -0.39 is 0 Å². The van der Waals surface area contributed by atoms with E-state index in [1.165, 1.54) is 5.56 Å². The minimum absolute atomic E-state index is 0.226. The number of nitrogens with one attached hydrogen (secondary N) is 2. The molecule has 0 radical (unpaired) electrons. The molecular formula is C26H30N6O2. The normalized spacial score (nSPS) is 15.0. The molecule has 0 amide bonds. The fourth-order valence-corrected chi connectivity index (χ4v) is 4.35. The van der Waals surface area contributed by atoms with E-state index in [2.05, 4.69) is 48.3 Å². The smallest absolute Gasteiger partial charge is 0.230 e. The second-order valence-corrected chi connectivity index (χ2v) is 8.69. The summed E-state index contributed by atoms with van der Waals surface area (Å²) >= 11 is 0. The predicted molar refractivity (Wildman–Crippen MR) is 134 cm³/mol. The van der Waals surface area contributed by atoms with Crippen LogP contribution >= 0.6 is 0 Å². The van der Waals surface area contributed by atoms with E-state index in [1.54, 1.807) is 12.3 Å². The minimum atomic E-state index is 0.226. The Morgan fingerprint density at radius 2 is 1.88 bits per heavy atom. The quantitative estimate of drug-likeness (QED) is 0.369. The summed E-state index contributed by atoms with van der Waals surface area (Å²) in [5.41, 5.74) is 4.38. The molecule has 1 saturated heterocycles. The molecule has 0 aliphatic carbocycles. The molecule has 8 heteroatoms. The number of fused-ring (bicyclic) bond motifs is 1. The molecule has 1 aliphatic heterocycles. The molecule has 0 unspecified atom stereocenters. The van der Waals surface area contributed by atoms with Crippen LogP contribution in [0.25, 0.3) is 10.9 Å². The van der Waals surface area contributed by atoms with Crippen LogP contribution in [0.2, 0.25) is 0 Å². The van der Waals surface area contributed by atoms with Crippen LogP contribution in [0.1, 0.15) is 11.3 Å². The van der Waals surface area contributed by atoms with Crippen molar-refractivity contribution >= 4 is 22.5 Å². The number of H-pyrrole nitrogens is 1. The van der Waals surface area contributed by atoms with Crippen LogP contribution in [0.5, 0.6) is 11.6 Å². The van der Waals surface area contributed by atoms with Crippen LogP contribution in [-0.2, 0) is 6.54 Å². The van der Waals surface area contributed by atoms with Gasteiger partial charge in [-0.3, -0.25) is 9.80 Å². The van der Waals surface area contributed by atoms with Gasteiger partial charge in [-0.15, -0.1) is 0 Å². The van der Waals surface area contributed by atoms with E-state index in [4.69, 9.17) is 9.84 Å². The number of anilines is 2. The first kappa shape index (κ1) is 22.3. The van der Waals surface area contributed by atoms with Crippen molar-refractivity contribution in [3.63, 3.8) is 0 Å². The molecule has 2 aromatic heterocycles. The molecule has 3 heterocycles. The molecule has 0 saturated carbocycles. The fourth-order valence-electron chi connectivity index (χ4n) is 4.35. The lowest BCUT2D eigenvalue weighted by Crippen LogP contribution is -2.46. The number of hydrogen-bond donors (Lipinski definition) is 3. The summed E-state index contributed by atoms with van der Waals surface area (Å²) in [6.45, 7) is 7.93. The Balaban J connectivity index is 1.22. The Kier molecular flexibility index (Phi) is 6.71. The Labute approximate surface area is 199 Å². The highest BCUT2D eigenvalue weighted by molar-refractivity contribution is 5.81. The second kappa shape index (κ2) is 10.2. The van der Waals surface area contributed by atoms with Gasteiger partial charge in [0.05, 0.1) is 6.61 Å². The Hall–Kier alpha value is -3.46. The zero-order valence-corrected chi connectivity index (χ0v) is 19.4. The highest BCUT2D eigenvalue weighted by Gasteiger charge is 2.16. The van der Waals surface area contributed by atoms with E-state index in [0.717, 1.165) is 67.3 Å². The summed E-state index contributed by atoms with van der Waals surface area (Å²) in [6.07, 6.45) is 1.69. The van der Waals surface area contributed by atoms with Crippen molar-refractivity contribution in [2.45, 2.75) is 13.5 Å². The van der Waals surface area contributed by atoms with Crippen LogP contribution in [0, 0.1) is 6.92 Å². The SMILES string of the molecule is Cc1cc2cc(Oc3ccnc(Nc4cccc(CN5CCN(CCO)CC5)c4)n3)ccc2[nH]1. The maximum absolute atomic E-state index is 9.12. The summed E-state index contributed by atoms with van der Waals surface area (Å²) in [5.74, 6) is 1.71. The van der Waals surface area contributed by atoms with Gasteiger partial charge < -0.3 is 20.1 Å². The number of benzene rings is 2. The van der Waals surface area contributed by atoms with Gasteiger partial charge >= 0.3 is 0 Å². The topological polar surface area (TPSA) is 89.5 Å². The standard InChI is InChI=1S/C26H30N6O2/c1-19-15-21-17-23(5-6-24(21)28-19)34-25-7-8-27-26(30-25)29-22-4-2-3-20(16-22)18-32-11-9-31(10-12-32)13-14-33/h2-8,15-17,28,33H,9-14,18H2,1H3,(H,27,29,30). The first-order valence-electron chi connectivity index (χ1n) is 11.7. The van der Waals surface area contributed by atoms with Gasteiger partial charge in [0, 0.05) is 73.8 Å². The van der Waals surface area contributed by atoms with Crippen LogP contribution < -0.4 is 10.1 Å². The highest BCUT2D eigenvalue weighted by atomic mass is 16.5. The summed E-state index contributed by atoms with van der Waals surface area (Å²) in [5, 5.41) is 13.5. The van der Waals surface area contributed by atoms with Crippen LogP contribution in [-0.4, -0.2) is 69.2 Å². The van der Waals surface area contributed by atoms with Crippen molar-refractivity contribution in [3.05, 3.63) is 72.1 Å². The molecule has 2 aromatic carbocycles. The zero-order chi connectivity index (χ0) is 23.3. The second-order valence-electron chi connectivity index (χ2n) is 8.69. The van der Waals surface area contributed by atoms with Crippen LogP contribution in [0.15, 0.2) is 60.8 Å². The Morgan fingerprint density at radius 1 is 1.03 bits per heavy atom. The first-order chi connectivity index (χ1) is 16.6. The third-order valence-corrected chi connectivity index (χ3v) is 6.05. The van der Waals surface area contributed by atoms with Gasteiger partial charge in [-0.05, 0) is 48.9 Å². The molecule has 0 bridgehead atoms. The molecule has 8 nitrogen and oxygen atoms in total. The van der Waals surface area contributed by atoms with Crippen LogP contribution in [0.3, 0.4) is 0 Å². The largest absolute Gasteiger partial charge is 0.439 e. The number of ether oxygens (including phenoxy) is 1. The van der Waals surface area contributed by atoms with E-state index in [-0.39, 0.29) is 6.61 Å². The first-order valence-corrected chi connectivity index (χ1v) is 11.7. The van der Waals surface area contributed by atoms with Gasteiger partial charge in [0.2, 0.25) is 11.8 Å². The Bertz CT molecular complexity index is 1250. The Morgan fingerprint density at radius 3 is 2.74 bits per heavy atom. The number of piperazine rings is 1. The number of aliphatic hydroxyl groups excluding tert-OH is 1. The minimum Gasteiger partial charge on any atom is -0.439 e. The van der Waals surface area contributed by atoms with Crippen molar-refractivity contribution < 1.29 is 9.84 Å². The molecular weight excluding hydrogens is 428 g/mol. The van der Waals surface area contributed by atoms with Gasteiger partial charge in [0.15, 0.2) is 0 Å². The van der Waals surface area contributed by atoms with E-state index >= 15 is 0 Å². The van der Waals surface area contributed by atoms with Crippen molar-refractivity contribution in [3.8, 4) is 11.6 Å². The molecule has 5 rings (SSSR count). The van der Waals surface area contributed by atoms with Gasteiger partial charge in [-0.2, -0.15) is 4.98 Å². The monoisotopic (exact) mass is 458 g/mol. The van der Waals surface area contributed by atoms with Crippen LogP contribution in [0.4, 0.5) is 11.6 Å². The van der Waals surface area contributed by atoms with E-state index in [9.17, 15) is 0 Å². The van der Waals surface area contributed by atoms with E-state index in [1.807, 2.05) is 37.3 Å². The summed E-state index contributed by atoms with van der Waals surface area (Å²) in [7, 11) is 0. The van der Waals surface area contributed by atoms with Gasteiger partial charge in [-0.1, -0.05) is 12.1 Å². The molecule has 3 N–H and O–H groups in total. The summed E-state index contributed by atoms with van der Waals surface area (Å²) in [6, 6.07) is 18.1.